The van der Waals surface area contributed by atoms with Gasteiger partial charge < -0.3 is 104 Å². The molecule has 352 valence electrons. The van der Waals surface area contributed by atoms with Crippen molar-refractivity contribution >= 4 is 23.0 Å². The van der Waals surface area contributed by atoms with E-state index in [-0.39, 0.29) is 17.1 Å². The quantitative estimate of drug-likeness (QED) is 0.0406. The Morgan fingerprint density at radius 1 is 0.677 bits per heavy atom. The molecular weight excluding hydrogens is 872 g/mol. The maximum absolute atomic E-state index is 14.4. The fourth-order valence-electron chi connectivity index (χ4n) is 7.25. The van der Waals surface area contributed by atoms with E-state index in [0.29, 0.717) is 5.56 Å². The molecule has 65 heavy (non-hydrogen) atoms. The maximum atomic E-state index is 14.4. The van der Waals surface area contributed by atoms with E-state index in [4.69, 9.17) is 37.6 Å². The van der Waals surface area contributed by atoms with Crippen molar-refractivity contribution in [1.82, 2.24) is 0 Å². The highest BCUT2D eigenvalue weighted by Gasteiger charge is 2.50. The summed E-state index contributed by atoms with van der Waals surface area (Å²) in [5.74, 6) is -4.96. The molecule has 7 rings (SSSR count). The zero-order valence-corrected chi connectivity index (χ0v) is 33.8. The summed E-state index contributed by atoms with van der Waals surface area (Å²) in [6, 6.07) is 10.8. The fraction of sp³-hybridized carbons (Fsp3) is 0.429. The molecule has 3 fully saturated rings. The van der Waals surface area contributed by atoms with Gasteiger partial charge in [-0.15, -0.1) is 0 Å². The average molecular weight is 919 g/mol. The highest BCUT2D eigenvalue weighted by atomic mass is 16.7. The molecule has 4 aromatic rings. The Morgan fingerprint density at radius 3 is 2.02 bits per heavy atom. The van der Waals surface area contributed by atoms with Gasteiger partial charge in [0.1, 0.15) is 89.3 Å². The SMILES string of the molecule is C[C@@H]1O[C@H](OC[C@H]2O[C@@H](Oc3c(-c4ccc(O)c(O)c4)oc4cc(O[C@@H]5O[C@H](CO)[C@@H](O)[C@H](O)[C@H]5O)cc(O)c4c3=O)[C@H](O)[C@@H](O)[C@H]2OC(=O)/C=C\c2ccc(O)cc2)[C@H](O)[C@H](O)[C@H]1O. The summed E-state index contributed by atoms with van der Waals surface area (Å²) in [6.45, 7) is -0.145. The number of benzene rings is 3. The number of hydrogen-bond acceptors (Lipinski definition) is 23. The van der Waals surface area contributed by atoms with Crippen LogP contribution in [0.15, 0.2) is 69.9 Å². The van der Waals surface area contributed by atoms with Crippen LogP contribution < -0.4 is 14.9 Å². The number of phenolic OH excluding ortho intramolecular Hbond substituents is 4. The van der Waals surface area contributed by atoms with Gasteiger partial charge in [-0.2, -0.15) is 0 Å². The smallest absolute Gasteiger partial charge is 0.331 e. The van der Waals surface area contributed by atoms with Gasteiger partial charge in [0.05, 0.1) is 19.3 Å². The predicted molar refractivity (Wildman–Crippen MR) is 214 cm³/mol. The molecule has 13 N–H and O–H groups in total. The highest BCUT2D eigenvalue weighted by Crippen LogP contribution is 2.40. The normalized spacial score (nSPS) is 32.9. The van der Waals surface area contributed by atoms with E-state index in [1.165, 1.54) is 43.3 Å². The van der Waals surface area contributed by atoms with Gasteiger partial charge in [0.15, 0.2) is 29.7 Å². The van der Waals surface area contributed by atoms with Crippen LogP contribution in [0.4, 0.5) is 0 Å². The summed E-state index contributed by atoms with van der Waals surface area (Å²) >= 11 is 0. The number of fused-ring (bicyclic) bond motifs is 1. The largest absolute Gasteiger partial charge is 0.508 e. The number of carbonyl (C=O) groups is 1. The van der Waals surface area contributed by atoms with E-state index in [9.17, 15) is 76.0 Å². The predicted octanol–water partition coefficient (Wildman–Crippen LogP) is -2.24. The first kappa shape index (κ1) is 47.3. The van der Waals surface area contributed by atoms with Crippen molar-refractivity contribution < 1.29 is 109 Å². The van der Waals surface area contributed by atoms with Crippen LogP contribution >= 0.6 is 0 Å². The minimum Gasteiger partial charge on any atom is -0.508 e. The van der Waals surface area contributed by atoms with Crippen LogP contribution in [-0.4, -0.2) is 178 Å². The number of carbonyl (C=O) groups excluding carboxylic acids is 1. The molecule has 1 aromatic heterocycles. The number of aromatic hydroxyl groups is 4. The molecular formula is C42H46O23. The lowest BCUT2D eigenvalue weighted by atomic mass is 9.98. The monoisotopic (exact) mass is 918 g/mol. The second kappa shape index (κ2) is 19.4. The summed E-state index contributed by atoms with van der Waals surface area (Å²) in [5.41, 5.74) is -1.31. The highest BCUT2D eigenvalue weighted by molar-refractivity contribution is 5.89. The average Bonchev–Trinajstić information content (AvgIpc) is 3.28. The van der Waals surface area contributed by atoms with Gasteiger partial charge in [0, 0.05) is 23.8 Å². The van der Waals surface area contributed by atoms with Crippen LogP contribution in [0.5, 0.6) is 34.5 Å². The molecule has 0 amide bonds. The molecule has 0 radical (unpaired) electrons. The Hall–Kier alpha value is -5.64. The standard InChI is InChI=1S/C42H46O23/c1-15-28(49)31(52)34(55)40(59-15)58-14-25-38(64-26(48)9-4-16-2-6-18(44)7-3-16)33(54)36(57)42(63-25)65-39-30(51)27-22(47)11-19(60-41-35(56)32(53)29(50)24(13-43)62-41)12-23(27)61-37(39)17-5-8-20(45)21(46)10-17/h2-12,15,24-25,28-29,31-36,38,40-47,49-50,52-57H,13-14H2,1H3/b9-4-/t15-,24+,25+,28-,29+,31+,32-,33+,34+,35+,36+,38-,40-,41+,42-/m0/s1. The van der Waals surface area contributed by atoms with E-state index in [0.717, 1.165) is 30.3 Å². The Balaban J connectivity index is 1.23. The minimum atomic E-state index is -2.17. The second-order valence-corrected chi connectivity index (χ2v) is 15.4. The van der Waals surface area contributed by atoms with Crippen molar-refractivity contribution in [3.63, 3.8) is 0 Å². The molecule has 23 heteroatoms. The van der Waals surface area contributed by atoms with Gasteiger partial charge in [0.2, 0.25) is 23.8 Å². The molecule has 0 bridgehead atoms. The lowest BCUT2D eigenvalue weighted by molar-refractivity contribution is -0.319. The van der Waals surface area contributed by atoms with Gasteiger partial charge in [-0.05, 0) is 48.9 Å². The molecule has 23 nitrogen and oxygen atoms in total. The lowest BCUT2D eigenvalue weighted by Crippen LogP contribution is -2.62. The molecule has 3 saturated heterocycles. The molecule has 3 aliphatic rings. The van der Waals surface area contributed by atoms with Crippen molar-refractivity contribution in [2.75, 3.05) is 13.2 Å². The molecule has 0 saturated carbocycles. The van der Waals surface area contributed by atoms with Gasteiger partial charge in [-0.3, -0.25) is 4.79 Å². The Labute approximate surface area is 365 Å². The third-order valence-electron chi connectivity index (χ3n) is 10.9. The van der Waals surface area contributed by atoms with Gasteiger partial charge in [-0.1, -0.05) is 12.1 Å². The van der Waals surface area contributed by atoms with Crippen LogP contribution in [0.3, 0.4) is 0 Å². The van der Waals surface area contributed by atoms with Gasteiger partial charge in [-0.25, -0.2) is 4.79 Å². The van der Waals surface area contributed by atoms with Crippen LogP contribution in [0.25, 0.3) is 28.4 Å². The molecule has 15 atom stereocenters. The van der Waals surface area contributed by atoms with Crippen LogP contribution in [-0.2, 0) is 28.5 Å². The third-order valence-corrected chi connectivity index (χ3v) is 10.9. The number of phenols is 4. The van der Waals surface area contributed by atoms with Crippen molar-refractivity contribution in [3.8, 4) is 45.8 Å². The van der Waals surface area contributed by atoms with E-state index in [1.807, 2.05) is 0 Å². The molecule has 3 aromatic carbocycles. The maximum Gasteiger partial charge on any atom is 0.331 e. The second-order valence-electron chi connectivity index (χ2n) is 15.4. The fourth-order valence-corrected chi connectivity index (χ4v) is 7.25. The minimum absolute atomic E-state index is 0.0373. The van der Waals surface area contributed by atoms with E-state index in [2.05, 4.69) is 0 Å². The van der Waals surface area contributed by atoms with Crippen molar-refractivity contribution in [1.29, 1.82) is 0 Å². The van der Waals surface area contributed by atoms with Crippen LogP contribution in [0.2, 0.25) is 0 Å². The van der Waals surface area contributed by atoms with Crippen molar-refractivity contribution in [2.45, 2.75) is 99.0 Å². The van der Waals surface area contributed by atoms with Gasteiger partial charge >= 0.3 is 5.97 Å². The molecule has 0 unspecified atom stereocenters. The first-order valence-corrected chi connectivity index (χ1v) is 19.9. The third kappa shape index (κ3) is 9.83. The van der Waals surface area contributed by atoms with E-state index >= 15 is 0 Å². The Bertz CT molecular complexity index is 2400. The summed E-state index contributed by atoms with van der Waals surface area (Å²) in [4.78, 5) is 27.5. The number of aliphatic hydroxyl groups excluding tert-OH is 9. The molecule has 0 aliphatic carbocycles. The summed E-state index contributed by atoms with van der Waals surface area (Å²) in [7, 11) is 0. The first-order chi connectivity index (χ1) is 30.9. The van der Waals surface area contributed by atoms with Gasteiger partial charge in [0.25, 0.3) is 0 Å². The first-order valence-electron chi connectivity index (χ1n) is 19.9. The number of ether oxygens (including phenoxy) is 7. The van der Waals surface area contributed by atoms with Crippen molar-refractivity contribution in [2.24, 2.45) is 0 Å². The molecule has 0 spiro atoms. The van der Waals surface area contributed by atoms with Crippen LogP contribution in [0.1, 0.15) is 12.5 Å². The summed E-state index contributed by atoms with van der Waals surface area (Å²) in [5, 5.41) is 135. The topological polar surface area (TPSA) is 375 Å². The number of esters is 1. The molecule has 3 aliphatic heterocycles. The zero-order chi connectivity index (χ0) is 47.0. The van der Waals surface area contributed by atoms with Crippen molar-refractivity contribution in [3.05, 3.63) is 76.5 Å². The lowest BCUT2D eigenvalue weighted by Gasteiger charge is -2.43. The number of aliphatic hydroxyl groups is 9. The number of rotatable bonds is 12. The molecule has 4 heterocycles. The van der Waals surface area contributed by atoms with E-state index < -0.39 is 156 Å². The van der Waals surface area contributed by atoms with E-state index in [1.54, 1.807) is 0 Å². The number of hydrogen-bond donors (Lipinski definition) is 13. The Kier molecular flexibility index (Phi) is 14.2. The van der Waals surface area contributed by atoms with Crippen LogP contribution in [0, 0.1) is 0 Å². The summed E-state index contributed by atoms with van der Waals surface area (Å²) < 4.78 is 45.5. The Morgan fingerprint density at radius 2 is 1.32 bits per heavy atom. The summed E-state index contributed by atoms with van der Waals surface area (Å²) in [6.07, 6.45) is -23.8. The zero-order valence-electron chi connectivity index (χ0n) is 33.8.